The summed E-state index contributed by atoms with van der Waals surface area (Å²) in [6.45, 7) is 1.68. The number of carbonyl (C=O) groups excluding carboxylic acids is 1. The zero-order valence-corrected chi connectivity index (χ0v) is 16.2. The van der Waals surface area contributed by atoms with E-state index in [2.05, 4.69) is 19.6 Å². The standard InChI is InChI=1S/C18H23N3O5S/c1-13-19-17(20-26-13)18(11-5-3-4-6-12-18)21-27(23,24)15-9-7-14(8-10-15)16(22)25-2/h7-10,21H,3-6,11-12H2,1-2H3. The van der Waals surface area contributed by atoms with Crippen LogP contribution in [0, 0.1) is 6.92 Å². The van der Waals surface area contributed by atoms with Gasteiger partial charge in [0.1, 0.15) is 0 Å². The molecule has 0 aliphatic heterocycles. The molecule has 1 fully saturated rings. The lowest BCUT2D eigenvalue weighted by Gasteiger charge is -2.30. The number of aromatic nitrogens is 2. The quantitative estimate of drug-likeness (QED) is 0.614. The Kier molecular flexibility index (Phi) is 5.61. The lowest BCUT2D eigenvalue weighted by Crippen LogP contribution is -2.46. The maximum atomic E-state index is 13.0. The highest BCUT2D eigenvalue weighted by Crippen LogP contribution is 2.36. The fraction of sp³-hybridized carbons (Fsp3) is 0.500. The number of aryl methyl sites for hydroxylation is 1. The molecule has 1 aromatic carbocycles. The highest BCUT2D eigenvalue weighted by Gasteiger charge is 2.41. The van der Waals surface area contributed by atoms with Crippen LogP contribution in [-0.4, -0.2) is 31.6 Å². The molecule has 0 radical (unpaired) electrons. The van der Waals surface area contributed by atoms with Gasteiger partial charge in [0.15, 0.2) is 5.82 Å². The van der Waals surface area contributed by atoms with Crippen molar-refractivity contribution in [1.82, 2.24) is 14.9 Å². The lowest BCUT2D eigenvalue weighted by molar-refractivity contribution is 0.0600. The SMILES string of the molecule is COC(=O)c1ccc(S(=O)(=O)NC2(c3noc(C)n3)CCCCCC2)cc1. The normalized spacial score (nSPS) is 17.3. The van der Waals surface area contributed by atoms with E-state index in [1.807, 2.05) is 0 Å². The number of methoxy groups -OCH3 is 1. The van der Waals surface area contributed by atoms with Gasteiger partial charge in [0.25, 0.3) is 0 Å². The van der Waals surface area contributed by atoms with Crippen molar-refractivity contribution in [1.29, 1.82) is 0 Å². The molecule has 8 nitrogen and oxygen atoms in total. The smallest absolute Gasteiger partial charge is 0.337 e. The summed E-state index contributed by atoms with van der Waals surface area (Å²) < 4.78 is 38.7. The van der Waals surface area contributed by atoms with Crippen LogP contribution in [0.4, 0.5) is 0 Å². The molecule has 1 aliphatic rings. The van der Waals surface area contributed by atoms with Gasteiger partial charge in [-0.1, -0.05) is 30.8 Å². The molecule has 3 rings (SSSR count). The van der Waals surface area contributed by atoms with Crippen LogP contribution in [0.1, 0.15) is 60.6 Å². The third kappa shape index (κ3) is 4.19. The number of rotatable bonds is 5. The van der Waals surface area contributed by atoms with E-state index in [9.17, 15) is 13.2 Å². The Morgan fingerprint density at radius 2 is 1.78 bits per heavy atom. The van der Waals surface area contributed by atoms with Gasteiger partial charge in [0.05, 0.1) is 23.1 Å². The Morgan fingerprint density at radius 1 is 1.15 bits per heavy atom. The second kappa shape index (κ2) is 7.77. The van der Waals surface area contributed by atoms with Gasteiger partial charge in [-0.25, -0.2) is 13.2 Å². The molecule has 1 aromatic heterocycles. The Balaban J connectivity index is 1.93. The van der Waals surface area contributed by atoms with E-state index >= 15 is 0 Å². The Morgan fingerprint density at radius 3 is 2.30 bits per heavy atom. The number of nitrogens with zero attached hydrogens (tertiary/aromatic N) is 2. The van der Waals surface area contributed by atoms with E-state index in [-0.39, 0.29) is 10.5 Å². The van der Waals surface area contributed by atoms with Crippen LogP contribution in [0.15, 0.2) is 33.7 Å². The first-order valence-electron chi connectivity index (χ1n) is 8.89. The van der Waals surface area contributed by atoms with Crippen molar-refractivity contribution in [2.24, 2.45) is 0 Å². The van der Waals surface area contributed by atoms with E-state index in [1.54, 1.807) is 6.92 Å². The molecule has 1 aliphatic carbocycles. The summed E-state index contributed by atoms with van der Waals surface area (Å²) in [5.74, 6) is 0.251. The number of hydrogen-bond acceptors (Lipinski definition) is 7. The summed E-state index contributed by atoms with van der Waals surface area (Å²) in [5.41, 5.74) is -0.608. The third-order valence-corrected chi connectivity index (χ3v) is 6.38. The van der Waals surface area contributed by atoms with Gasteiger partial charge in [-0.05, 0) is 37.1 Å². The molecule has 1 N–H and O–H groups in total. The predicted molar refractivity (Wildman–Crippen MR) is 96.5 cm³/mol. The van der Waals surface area contributed by atoms with Crippen LogP contribution in [0.25, 0.3) is 0 Å². The van der Waals surface area contributed by atoms with Crippen LogP contribution >= 0.6 is 0 Å². The highest BCUT2D eigenvalue weighted by atomic mass is 32.2. The van der Waals surface area contributed by atoms with Gasteiger partial charge in [0.2, 0.25) is 15.9 Å². The lowest BCUT2D eigenvalue weighted by atomic mass is 9.91. The number of carbonyl (C=O) groups is 1. The number of benzene rings is 1. The van der Waals surface area contributed by atoms with Crippen LogP contribution < -0.4 is 4.72 Å². The molecule has 0 amide bonds. The average molecular weight is 393 g/mol. The van der Waals surface area contributed by atoms with Gasteiger partial charge in [-0.2, -0.15) is 9.71 Å². The molecule has 0 saturated heterocycles. The van der Waals surface area contributed by atoms with Gasteiger partial charge in [-0.3, -0.25) is 0 Å². The van der Waals surface area contributed by atoms with Crippen LogP contribution in [-0.2, 0) is 20.3 Å². The Labute approximate surface area is 158 Å². The van der Waals surface area contributed by atoms with Crippen molar-refractivity contribution >= 4 is 16.0 Å². The number of nitrogens with one attached hydrogen (secondary N) is 1. The highest BCUT2D eigenvalue weighted by molar-refractivity contribution is 7.89. The molecule has 9 heteroatoms. The zero-order chi connectivity index (χ0) is 19.5. The summed E-state index contributed by atoms with van der Waals surface area (Å²) >= 11 is 0. The molecule has 0 unspecified atom stereocenters. The van der Waals surface area contributed by atoms with Crippen molar-refractivity contribution < 1.29 is 22.5 Å². The first kappa shape index (κ1) is 19.5. The summed E-state index contributed by atoms with van der Waals surface area (Å²) in [5, 5.41) is 4.01. The van der Waals surface area contributed by atoms with Gasteiger partial charge in [-0.15, -0.1) is 0 Å². The first-order chi connectivity index (χ1) is 12.9. The number of hydrogen-bond donors (Lipinski definition) is 1. The van der Waals surface area contributed by atoms with Crippen LogP contribution in [0.2, 0.25) is 0 Å². The van der Waals surface area contributed by atoms with Crippen LogP contribution in [0.3, 0.4) is 0 Å². The fourth-order valence-electron chi connectivity index (χ4n) is 3.40. The van der Waals surface area contributed by atoms with Gasteiger partial charge < -0.3 is 9.26 Å². The summed E-state index contributed by atoms with van der Waals surface area (Å²) in [4.78, 5) is 15.9. The van der Waals surface area contributed by atoms with Gasteiger partial charge in [0, 0.05) is 6.92 Å². The Hall–Kier alpha value is -2.26. The number of sulfonamides is 1. The molecular formula is C18H23N3O5S. The molecule has 27 heavy (non-hydrogen) atoms. The van der Waals surface area contributed by atoms with E-state index < -0.39 is 21.5 Å². The number of esters is 1. The molecule has 1 saturated carbocycles. The van der Waals surface area contributed by atoms with Crippen molar-refractivity contribution in [2.45, 2.75) is 55.9 Å². The van der Waals surface area contributed by atoms with Crippen LogP contribution in [0.5, 0.6) is 0 Å². The Bertz CT molecular complexity index is 897. The van der Waals surface area contributed by atoms with Crippen molar-refractivity contribution in [3.05, 3.63) is 41.5 Å². The minimum absolute atomic E-state index is 0.0685. The second-order valence-corrected chi connectivity index (χ2v) is 8.44. The molecule has 0 spiro atoms. The van der Waals surface area contributed by atoms with E-state index in [1.165, 1.54) is 31.4 Å². The zero-order valence-electron chi connectivity index (χ0n) is 15.4. The molecular weight excluding hydrogens is 370 g/mol. The molecule has 0 atom stereocenters. The summed E-state index contributed by atoms with van der Waals surface area (Å²) in [7, 11) is -2.57. The average Bonchev–Trinajstić information content (AvgIpc) is 2.97. The van der Waals surface area contributed by atoms with E-state index in [4.69, 9.17) is 4.52 Å². The summed E-state index contributed by atoms with van der Waals surface area (Å²) in [6.07, 6.45) is 5.02. The van der Waals surface area contributed by atoms with Crippen molar-refractivity contribution in [3.8, 4) is 0 Å². The molecule has 146 valence electrons. The van der Waals surface area contributed by atoms with E-state index in [0.717, 1.165) is 25.7 Å². The topological polar surface area (TPSA) is 111 Å². The molecule has 1 heterocycles. The minimum atomic E-state index is -3.85. The largest absolute Gasteiger partial charge is 0.465 e. The minimum Gasteiger partial charge on any atom is -0.465 e. The van der Waals surface area contributed by atoms with E-state index in [0.29, 0.717) is 24.6 Å². The third-order valence-electron chi connectivity index (χ3n) is 4.83. The van der Waals surface area contributed by atoms with Crippen molar-refractivity contribution in [2.75, 3.05) is 7.11 Å². The van der Waals surface area contributed by atoms with Gasteiger partial charge >= 0.3 is 5.97 Å². The molecule has 0 bridgehead atoms. The summed E-state index contributed by atoms with van der Waals surface area (Å²) in [6, 6.07) is 5.64. The predicted octanol–water partition coefficient (Wildman–Crippen LogP) is 2.69. The molecule has 2 aromatic rings. The fourth-order valence-corrected chi connectivity index (χ4v) is 4.82. The van der Waals surface area contributed by atoms with Crippen molar-refractivity contribution in [3.63, 3.8) is 0 Å². The first-order valence-corrected chi connectivity index (χ1v) is 10.4. The maximum absolute atomic E-state index is 13.0. The number of ether oxygens (including phenoxy) is 1. The maximum Gasteiger partial charge on any atom is 0.337 e. The monoisotopic (exact) mass is 393 g/mol. The second-order valence-electron chi connectivity index (χ2n) is 6.75.